The third-order valence-electron chi connectivity index (χ3n) is 0. The summed E-state index contributed by atoms with van der Waals surface area (Å²) in [6.07, 6.45) is 0. The number of hydrogen-bond donors (Lipinski definition) is 0. The molecule has 0 aliphatic rings. The van der Waals surface area contributed by atoms with Crippen LogP contribution in [0.15, 0.2) is 0 Å². The fraction of sp³-hybridized carbons (Fsp3) is 0. The molecule has 0 unspecified atom stereocenters. The smallest absolute Gasteiger partial charge is 0 e. The van der Waals surface area contributed by atoms with Crippen LogP contribution in [0.3, 0.4) is 0 Å². The minimum absolute atomic E-state index is 0. The molecule has 0 saturated heterocycles. The van der Waals surface area contributed by atoms with Gasteiger partial charge in [-0.15, -0.1) is 0 Å². The van der Waals surface area contributed by atoms with Crippen molar-refractivity contribution in [3.8, 4) is 0 Å². The first kappa shape index (κ1) is 571. The van der Waals surface area contributed by atoms with Crippen LogP contribution >= 0.6 is 0 Å². The van der Waals surface area contributed by atoms with E-state index in [-0.39, 0.29) is 2780 Å². The number of rotatable bonds is 0. The van der Waals surface area contributed by atoms with Crippen molar-refractivity contribution in [2.24, 2.45) is 0 Å². The van der Waals surface area contributed by atoms with Crippen LogP contribution < -0.4 is 0 Å². The van der Waals surface area contributed by atoms with Crippen molar-refractivity contribution < 1.29 is 2780 Å². The Hall–Kier alpha value is 93.2. The van der Waals surface area contributed by atoms with Crippen LogP contribution in [0.4, 0.5) is 0 Å². The summed E-state index contributed by atoms with van der Waals surface area (Å²) < 4.78 is 0. The molecule has 0 aromatic carbocycles. The van der Waals surface area contributed by atoms with Gasteiger partial charge in [0.1, 0.15) is 0 Å². The van der Waals surface area contributed by atoms with Gasteiger partial charge in [-0.2, -0.15) is 0 Å². The summed E-state index contributed by atoms with van der Waals surface area (Å²) in [5.74, 6) is 0. The van der Waals surface area contributed by atoms with Crippen LogP contribution in [0.1, 0.15) is 0 Å². The molecule has 0 atom stereocenters. The summed E-state index contributed by atoms with van der Waals surface area (Å²) in [7, 11) is 0. The van der Waals surface area contributed by atoms with Gasteiger partial charge in [0.25, 0.3) is 0 Å². The monoisotopic (exact) mass is 10800 g/mol. The first-order valence-corrected chi connectivity index (χ1v) is 0. The molecule has 0 heterocycles. The fourth-order valence-electron chi connectivity index (χ4n) is 0. The van der Waals surface area contributed by atoms with E-state index in [1.165, 1.54) is 0 Å². The Morgan fingerprint density at radius 1 is 0.0128 bits per heavy atom. The van der Waals surface area contributed by atoms with Crippen molar-refractivity contribution in [1.82, 2.24) is 0 Å². The van der Waals surface area contributed by atoms with Gasteiger partial charge in [0.2, 0.25) is 0 Å². The average Bonchev–Trinajstić information content (AvgIpc) is 0. The van der Waals surface area contributed by atoms with E-state index in [9.17, 15) is 0 Å². The Balaban J connectivity index is 0. The molecule has 0 N–H and O–H groups in total. The summed E-state index contributed by atoms with van der Waals surface area (Å²) in [6, 6.07) is 0. The van der Waals surface area contributed by atoms with E-state index >= 15 is 0 Å². The van der Waals surface area contributed by atoms with Gasteiger partial charge >= 0.3 is 0 Å². The molecular formula is La78. The summed E-state index contributed by atoms with van der Waals surface area (Å²) in [5.41, 5.74) is 0. The van der Waals surface area contributed by atoms with Gasteiger partial charge in [0.05, 0.1) is 0 Å². The molecule has 78 radical (unpaired) electrons. The minimum atomic E-state index is 0. The molecule has 78 heavy (non-hydrogen) atoms. The van der Waals surface area contributed by atoms with Gasteiger partial charge in [-0.1, -0.05) is 0 Å². The summed E-state index contributed by atoms with van der Waals surface area (Å²) in [5, 5.41) is 0. The molecule has 0 nitrogen and oxygen atoms in total. The van der Waals surface area contributed by atoms with E-state index in [2.05, 4.69) is 0 Å². The van der Waals surface area contributed by atoms with E-state index in [4.69, 9.17) is 0 Å². The minimum Gasteiger partial charge on any atom is 0 e. The zero-order chi connectivity index (χ0) is 0. The largest absolute Gasteiger partial charge is 0 e. The Bertz CT molecular complexity index is 0. The fourth-order valence-corrected chi connectivity index (χ4v) is 0. The molecule has 78 heteroatoms. The van der Waals surface area contributed by atoms with Crippen LogP contribution in [0.5, 0.6) is 0 Å². The molecule has 0 aromatic rings. The van der Waals surface area contributed by atoms with Crippen molar-refractivity contribution in [1.29, 1.82) is 0 Å². The van der Waals surface area contributed by atoms with Gasteiger partial charge in [-0.3, -0.25) is 0 Å². The molecule has 0 aromatic heterocycles. The van der Waals surface area contributed by atoms with Crippen LogP contribution in [-0.2, 0) is 0 Å². The van der Waals surface area contributed by atoms with E-state index in [1.54, 1.807) is 0 Å². The molecule has 0 rings (SSSR count). The predicted molar refractivity (Wildman–Crippen MR) is 0 cm³/mol. The summed E-state index contributed by atoms with van der Waals surface area (Å²) in [4.78, 5) is 0. The Labute approximate surface area is 2660 Å². The SMILES string of the molecule is [La].[La].[La].[La].[La].[La].[La].[La].[La].[La].[La].[La].[La].[La].[La].[La].[La].[La].[La].[La].[La].[La].[La].[La].[La].[La].[La].[La].[La].[La].[La].[La].[La].[La].[La].[La].[La].[La].[La].[La].[La].[La].[La].[La].[La].[La].[La].[La].[La].[La].[La].[La].[La].[La].[La].[La].[La].[La].[La].[La].[La].[La].[La].[La].[La].[La].[La].[La].[La].[La].[La].[La].[La].[La].[La].[La].[La].[La]. The molecular weight excluding hydrogens is 10800 g/mol. The van der Waals surface area contributed by atoms with E-state index in [1.807, 2.05) is 0 Å². The average molecular weight is 10800 g/mol. The predicted octanol–water partition coefficient (Wildman–Crippen LogP) is 0. The molecule has 0 amide bonds. The van der Waals surface area contributed by atoms with Gasteiger partial charge in [-0.25, -0.2) is 0 Å². The molecule has 0 fully saturated rings. The van der Waals surface area contributed by atoms with Crippen LogP contribution in [0, 0.1) is 2780 Å². The summed E-state index contributed by atoms with van der Waals surface area (Å²) in [6.45, 7) is 0. The molecule has 234 valence electrons. The van der Waals surface area contributed by atoms with Gasteiger partial charge in [-0.05, 0) is 0 Å². The Morgan fingerprint density at radius 3 is 0.0128 bits per heavy atom. The summed E-state index contributed by atoms with van der Waals surface area (Å²) >= 11 is 0. The zero-order valence-electron chi connectivity index (χ0n) is 45.0. The van der Waals surface area contributed by atoms with Crippen molar-refractivity contribution in [3.05, 3.63) is 0 Å². The van der Waals surface area contributed by atoms with Crippen LogP contribution in [-0.4, -0.2) is 0 Å². The van der Waals surface area contributed by atoms with Crippen molar-refractivity contribution in [2.45, 2.75) is 0 Å². The van der Waals surface area contributed by atoms with E-state index in [0.29, 0.717) is 0 Å². The van der Waals surface area contributed by atoms with Crippen molar-refractivity contribution in [2.75, 3.05) is 0 Å². The van der Waals surface area contributed by atoms with Gasteiger partial charge in [0, 0.05) is 2780 Å². The third kappa shape index (κ3) is 551. The topological polar surface area (TPSA) is 0 Å². The molecule has 0 aliphatic heterocycles. The first-order valence-electron chi connectivity index (χ1n) is 0. The quantitative estimate of drug-likeness (QED) is 0.321. The molecule has 0 saturated carbocycles. The maximum absolute atomic E-state index is 0. The first-order chi connectivity index (χ1) is 0. The van der Waals surface area contributed by atoms with Gasteiger partial charge in [0.15, 0.2) is 0 Å². The third-order valence-corrected chi connectivity index (χ3v) is 0. The Kier molecular flexibility index (Phi) is 4110. The molecule has 0 bridgehead atoms. The zero-order valence-corrected chi connectivity index (χ0v) is 328. The maximum Gasteiger partial charge on any atom is 0 e. The second-order valence-electron chi connectivity index (χ2n) is 0. The van der Waals surface area contributed by atoms with Crippen LogP contribution in [0.2, 0.25) is 0 Å². The van der Waals surface area contributed by atoms with Crippen molar-refractivity contribution in [3.63, 3.8) is 0 Å². The standard InChI is InChI=1S/78La. The van der Waals surface area contributed by atoms with E-state index < -0.39 is 0 Å². The maximum atomic E-state index is 0. The number of hydrogen-bond acceptors (Lipinski definition) is 0. The van der Waals surface area contributed by atoms with Crippen molar-refractivity contribution >= 4 is 0 Å². The molecule has 0 aliphatic carbocycles. The van der Waals surface area contributed by atoms with Crippen LogP contribution in [0.25, 0.3) is 0 Å². The second kappa shape index (κ2) is 561. The second-order valence-corrected chi connectivity index (χ2v) is 0. The normalized spacial score (nSPS) is 0. The Morgan fingerprint density at radius 2 is 0.0128 bits per heavy atom. The molecule has 0 spiro atoms. The van der Waals surface area contributed by atoms with Gasteiger partial charge < -0.3 is 0 Å². The van der Waals surface area contributed by atoms with E-state index in [0.717, 1.165) is 0 Å².